The first-order valence-electron chi connectivity index (χ1n) is 4.38. The van der Waals surface area contributed by atoms with Crippen molar-refractivity contribution >= 4 is 28.5 Å². The van der Waals surface area contributed by atoms with Crippen molar-refractivity contribution in [1.29, 1.82) is 0 Å². The Labute approximate surface area is 91.3 Å². The lowest BCUT2D eigenvalue weighted by atomic mass is 10.0. The van der Waals surface area contributed by atoms with E-state index in [-0.39, 0.29) is 5.56 Å². The van der Waals surface area contributed by atoms with Crippen LogP contribution in [-0.2, 0) is 0 Å². The van der Waals surface area contributed by atoms with Crippen LogP contribution in [0.3, 0.4) is 0 Å². The number of hydrogen-bond donors (Lipinski definition) is 1. The Morgan fingerprint density at radius 3 is 2.80 bits per heavy atom. The van der Waals surface area contributed by atoms with Gasteiger partial charge in [-0.1, -0.05) is 17.7 Å². The van der Waals surface area contributed by atoms with Crippen molar-refractivity contribution in [3.63, 3.8) is 0 Å². The molecule has 76 valence electrons. The topological polar surface area (TPSA) is 50.2 Å². The van der Waals surface area contributed by atoms with Gasteiger partial charge in [0.05, 0.1) is 16.1 Å². The van der Waals surface area contributed by atoms with Crippen molar-refractivity contribution in [1.82, 2.24) is 4.98 Å². The lowest BCUT2D eigenvalue weighted by Gasteiger charge is -2.05. The molecule has 2 aromatic rings. The third-order valence-electron chi connectivity index (χ3n) is 2.34. The number of carboxylic acid groups (broad SMARTS) is 1. The standard InChI is InChI=1S/C11H8ClNO2/c1-6-7(11(14)15)2-3-8-9(12)4-5-13-10(6)8/h2-5H,1H3,(H,14,15). The molecule has 0 saturated heterocycles. The van der Waals surface area contributed by atoms with Crippen molar-refractivity contribution in [2.75, 3.05) is 0 Å². The van der Waals surface area contributed by atoms with Crippen molar-refractivity contribution in [2.45, 2.75) is 6.92 Å². The fourth-order valence-electron chi connectivity index (χ4n) is 1.56. The highest BCUT2D eigenvalue weighted by Crippen LogP contribution is 2.25. The second-order valence-corrected chi connectivity index (χ2v) is 3.64. The van der Waals surface area contributed by atoms with Crippen molar-refractivity contribution < 1.29 is 9.90 Å². The molecular weight excluding hydrogens is 214 g/mol. The first-order valence-corrected chi connectivity index (χ1v) is 4.76. The van der Waals surface area contributed by atoms with Crippen LogP contribution in [0, 0.1) is 6.92 Å². The molecule has 0 bridgehead atoms. The maximum Gasteiger partial charge on any atom is 0.336 e. The van der Waals surface area contributed by atoms with Gasteiger partial charge in [-0.3, -0.25) is 4.98 Å². The Morgan fingerprint density at radius 2 is 2.13 bits per heavy atom. The van der Waals surface area contributed by atoms with E-state index in [1.165, 1.54) is 0 Å². The molecule has 1 heterocycles. The highest BCUT2D eigenvalue weighted by Gasteiger charge is 2.11. The van der Waals surface area contributed by atoms with E-state index in [0.717, 1.165) is 5.39 Å². The van der Waals surface area contributed by atoms with Gasteiger partial charge in [0.25, 0.3) is 0 Å². The molecule has 15 heavy (non-hydrogen) atoms. The van der Waals surface area contributed by atoms with Crippen molar-refractivity contribution in [3.8, 4) is 0 Å². The van der Waals surface area contributed by atoms with E-state index in [1.807, 2.05) is 0 Å². The zero-order chi connectivity index (χ0) is 11.0. The molecule has 1 N–H and O–H groups in total. The predicted molar refractivity (Wildman–Crippen MR) is 58.4 cm³/mol. The fourth-order valence-corrected chi connectivity index (χ4v) is 1.77. The minimum absolute atomic E-state index is 0.261. The Morgan fingerprint density at radius 1 is 1.40 bits per heavy atom. The SMILES string of the molecule is Cc1c(C(=O)O)ccc2c(Cl)ccnc12. The number of hydrogen-bond acceptors (Lipinski definition) is 2. The minimum atomic E-state index is -0.948. The molecule has 2 rings (SSSR count). The Balaban J connectivity index is 2.86. The van der Waals surface area contributed by atoms with Gasteiger partial charge in [-0.05, 0) is 24.6 Å². The number of benzene rings is 1. The second-order valence-electron chi connectivity index (χ2n) is 3.23. The van der Waals surface area contributed by atoms with Crippen LogP contribution in [0.5, 0.6) is 0 Å². The summed E-state index contributed by atoms with van der Waals surface area (Å²) in [6.45, 7) is 1.73. The van der Waals surface area contributed by atoms with Crippen LogP contribution >= 0.6 is 11.6 Å². The zero-order valence-corrected chi connectivity index (χ0v) is 8.75. The van der Waals surface area contributed by atoms with Crippen molar-refractivity contribution in [3.05, 3.63) is 40.5 Å². The number of aryl methyl sites for hydroxylation is 1. The molecule has 0 amide bonds. The van der Waals surface area contributed by atoms with E-state index in [9.17, 15) is 4.79 Å². The summed E-state index contributed by atoms with van der Waals surface area (Å²) in [5.41, 5.74) is 1.54. The summed E-state index contributed by atoms with van der Waals surface area (Å²) in [6.07, 6.45) is 1.57. The molecule has 0 aliphatic carbocycles. The van der Waals surface area contributed by atoms with Gasteiger partial charge in [0, 0.05) is 11.6 Å². The van der Waals surface area contributed by atoms with Crippen LogP contribution in [-0.4, -0.2) is 16.1 Å². The third kappa shape index (κ3) is 1.55. The summed E-state index contributed by atoms with van der Waals surface area (Å²) in [4.78, 5) is 15.0. The van der Waals surface area contributed by atoms with E-state index in [4.69, 9.17) is 16.7 Å². The first kappa shape index (κ1) is 9.93. The van der Waals surface area contributed by atoms with Crippen LogP contribution in [0.4, 0.5) is 0 Å². The largest absolute Gasteiger partial charge is 0.478 e. The summed E-state index contributed by atoms with van der Waals surface area (Å²) in [5, 5.41) is 10.3. The molecule has 0 aliphatic heterocycles. The van der Waals surface area contributed by atoms with Gasteiger partial charge in [0.2, 0.25) is 0 Å². The summed E-state index contributed by atoms with van der Waals surface area (Å²) < 4.78 is 0. The number of halogens is 1. The van der Waals surface area contributed by atoms with Gasteiger partial charge in [-0.2, -0.15) is 0 Å². The van der Waals surface area contributed by atoms with Crippen LogP contribution in [0.15, 0.2) is 24.4 Å². The predicted octanol–water partition coefficient (Wildman–Crippen LogP) is 2.89. The molecular formula is C11H8ClNO2. The quantitative estimate of drug-likeness (QED) is 0.806. The summed E-state index contributed by atoms with van der Waals surface area (Å²) in [7, 11) is 0. The number of carboxylic acids is 1. The minimum Gasteiger partial charge on any atom is -0.478 e. The van der Waals surface area contributed by atoms with Crippen molar-refractivity contribution in [2.24, 2.45) is 0 Å². The molecule has 3 nitrogen and oxygen atoms in total. The summed E-state index contributed by atoms with van der Waals surface area (Å²) in [6, 6.07) is 4.92. The number of pyridine rings is 1. The Kier molecular flexibility index (Phi) is 2.32. The number of fused-ring (bicyclic) bond motifs is 1. The summed E-state index contributed by atoms with van der Waals surface area (Å²) in [5.74, 6) is -0.948. The first-order chi connectivity index (χ1) is 7.11. The molecule has 0 saturated carbocycles. The van der Waals surface area contributed by atoms with Crippen LogP contribution in [0.25, 0.3) is 10.9 Å². The van der Waals surface area contributed by atoms with Crippen LogP contribution in [0.2, 0.25) is 5.02 Å². The highest BCUT2D eigenvalue weighted by molar-refractivity contribution is 6.35. The monoisotopic (exact) mass is 221 g/mol. The Bertz CT molecular complexity index is 552. The van der Waals surface area contributed by atoms with Gasteiger partial charge in [-0.25, -0.2) is 4.79 Å². The van der Waals surface area contributed by atoms with Gasteiger partial charge < -0.3 is 5.11 Å². The normalized spacial score (nSPS) is 10.5. The van der Waals surface area contributed by atoms with Gasteiger partial charge in [0.1, 0.15) is 0 Å². The van der Waals surface area contributed by atoms with E-state index >= 15 is 0 Å². The summed E-state index contributed by atoms with van der Waals surface area (Å²) >= 11 is 5.97. The molecule has 0 unspecified atom stereocenters. The van der Waals surface area contributed by atoms with E-state index < -0.39 is 5.97 Å². The molecule has 4 heteroatoms. The maximum absolute atomic E-state index is 10.9. The molecule has 0 aliphatic rings. The molecule has 0 radical (unpaired) electrons. The second kappa shape index (κ2) is 3.51. The lowest BCUT2D eigenvalue weighted by molar-refractivity contribution is 0.0696. The Hall–Kier alpha value is -1.61. The fraction of sp³-hybridized carbons (Fsp3) is 0.0909. The van der Waals surface area contributed by atoms with Gasteiger partial charge in [0.15, 0.2) is 0 Å². The van der Waals surface area contributed by atoms with E-state index in [1.54, 1.807) is 31.3 Å². The van der Waals surface area contributed by atoms with Crippen LogP contribution < -0.4 is 0 Å². The molecule has 0 fully saturated rings. The average molecular weight is 222 g/mol. The lowest BCUT2D eigenvalue weighted by Crippen LogP contribution is -2.00. The third-order valence-corrected chi connectivity index (χ3v) is 2.67. The molecule has 0 spiro atoms. The van der Waals surface area contributed by atoms with E-state index in [2.05, 4.69) is 4.98 Å². The zero-order valence-electron chi connectivity index (χ0n) is 7.99. The van der Waals surface area contributed by atoms with E-state index in [0.29, 0.717) is 16.1 Å². The smallest absolute Gasteiger partial charge is 0.336 e. The molecule has 1 aromatic heterocycles. The number of aromatic nitrogens is 1. The van der Waals surface area contributed by atoms with Crippen LogP contribution in [0.1, 0.15) is 15.9 Å². The highest BCUT2D eigenvalue weighted by atomic mass is 35.5. The van der Waals surface area contributed by atoms with Gasteiger partial charge >= 0.3 is 5.97 Å². The maximum atomic E-state index is 10.9. The number of carbonyl (C=O) groups is 1. The number of rotatable bonds is 1. The number of nitrogens with zero attached hydrogens (tertiary/aromatic N) is 1. The molecule has 0 atom stereocenters. The average Bonchev–Trinajstić information content (AvgIpc) is 2.19. The number of aromatic carboxylic acids is 1. The van der Waals surface area contributed by atoms with Gasteiger partial charge in [-0.15, -0.1) is 0 Å². The molecule has 1 aromatic carbocycles.